The summed E-state index contributed by atoms with van der Waals surface area (Å²) >= 11 is 0. The first kappa shape index (κ1) is 24.3. The van der Waals surface area contributed by atoms with Crippen molar-refractivity contribution in [2.24, 2.45) is 0 Å². The molecular weight excluding hydrogens is 468 g/mol. The highest BCUT2D eigenvalue weighted by Crippen LogP contribution is 2.31. The minimum absolute atomic E-state index is 0.0394. The van der Waals surface area contributed by atoms with Gasteiger partial charge in [0.05, 0.1) is 12.3 Å². The average Bonchev–Trinajstić information content (AvgIpc) is 3.32. The van der Waals surface area contributed by atoms with Crippen LogP contribution < -0.4 is 19.7 Å². The molecule has 0 atom stereocenters. The number of hydrogen-bond acceptors (Lipinski definition) is 7. The quantitative estimate of drug-likeness (QED) is 0.358. The number of nitrogens with zero attached hydrogens (tertiary/aromatic N) is 1. The normalized spacial score (nSPS) is 14.7. The highest BCUT2D eigenvalue weighted by Gasteiger charge is 2.36. The Labute approximate surface area is 205 Å². The number of carbonyl (C=O) groups is 4. The Kier molecular flexibility index (Phi) is 6.86. The predicted octanol–water partition coefficient (Wildman–Crippen LogP) is 3.93. The molecule has 0 unspecified atom stereocenters. The molecule has 1 aromatic heterocycles. The molecule has 1 aliphatic rings. The molecule has 0 spiro atoms. The summed E-state index contributed by atoms with van der Waals surface area (Å²) in [5.41, 5.74) is 1.54. The Morgan fingerprint density at radius 2 is 1.78 bits per heavy atom. The zero-order chi connectivity index (χ0) is 25.8. The van der Waals surface area contributed by atoms with Crippen LogP contribution in [0.1, 0.15) is 34.4 Å². The van der Waals surface area contributed by atoms with Crippen LogP contribution in [0.15, 0.2) is 64.6 Å². The number of carboxylic acids is 1. The predicted molar refractivity (Wildman–Crippen MR) is 128 cm³/mol. The van der Waals surface area contributed by atoms with Crippen molar-refractivity contribution < 1.29 is 38.2 Å². The highest BCUT2D eigenvalue weighted by molar-refractivity contribution is 6.39. The fourth-order valence-electron chi connectivity index (χ4n) is 3.47. The number of anilines is 1. The van der Waals surface area contributed by atoms with E-state index >= 15 is 0 Å². The lowest BCUT2D eigenvalue weighted by Gasteiger charge is -2.26. The van der Waals surface area contributed by atoms with Crippen molar-refractivity contribution in [1.82, 2.24) is 5.32 Å². The third kappa shape index (κ3) is 5.12. The van der Waals surface area contributed by atoms with Gasteiger partial charge in [-0.25, -0.2) is 14.5 Å². The van der Waals surface area contributed by atoms with Gasteiger partial charge in [0.1, 0.15) is 17.9 Å². The zero-order valence-electron chi connectivity index (χ0n) is 19.4. The molecule has 2 aromatic carbocycles. The van der Waals surface area contributed by atoms with Crippen LogP contribution in [-0.4, -0.2) is 35.5 Å². The maximum atomic E-state index is 13.1. The highest BCUT2D eigenvalue weighted by atomic mass is 16.5. The van der Waals surface area contributed by atoms with Gasteiger partial charge < -0.3 is 19.0 Å². The molecule has 10 nitrogen and oxygen atoms in total. The van der Waals surface area contributed by atoms with E-state index in [9.17, 15) is 19.2 Å². The van der Waals surface area contributed by atoms with E-state index in [1.165, 1.54) is 18.2 Å². The smallest absolute Gasteiger partial charge is 0.371 e. The molecule has 0 saturated carbocycles. The third-order valence-corrected chi connectivity index (χ3v) is 5.21. The van der Waals surface area contributed by atoms with E-state index in [4.69, 9.17) is 19.0 Å². The van der Waals surface area contributed by atoms with Crippen molar-refractivity contribution in [3.63, 3.8) is 0 Å². The van der Waals surface area contributed by atoms with Crippen molar-refractivity contribution in [2.75, 3.05) is 11.5 Å². The molecule has 2 N–H and O–H groups in total. The van der Waals surface area contributed by atoms with E-state index in [2.05, 4.69) is 5.32 Å². The van der Waals surface area contributed by atoms with Gasteiger partial charge in [0.25, 0.3) is 11.8 Å². The van der Waals surface area contributed by atoms with Crippen LogP contribution in [0.5, 0.6) is 11.5 Å². The lowest BCUT2D eigenvalue weighted by molar-refractivity contribution is -0.122. The average molecular weight is 490 g/mol. The number of barbiturate groups is 1. The number of hydrogen-bond donors (Lipinski definition) is 2. The van der Waals surface area contributed by atoms with Crippen LogP contribution >= 0.6 is 0 Å². The molecular formula is C26H22N2O8. The Hall–Kier alpha value is -4.86. The number of furan rings is 1. The second-order valence-corrected chi connectivity index (χ2v) is 7.79. The Balaban J connectivity index is 1.59. The van der Waals surface area contributed by atoms with Crippen LogP contribution in [0.25, 0.3) is 6.08 Å². The molecule has 2 heterocycles. The van der Waals surface area contributed by atoms with Gasteiger partial charge in [0.2, 0.25) is 5.76 Å². The second-order valence-electron chi connectivity index (χ2n) is 7.79. The first-order chi connectivity index (χ1) is 17.3. The number of imide groups is 2. The van der Waals surface area contributed by atoms with Crippen LogP contribution in [0.2, 0.25) is 0 Å². The first-order valence-corrected chi connectivity index (χ1v) is 11.0. The Bertz CT molecular complexity index is 1370. The van der Waals surface area contributed by atoms with Gasteiger partial charge >= 0.3 is 12.0 Å². The number of amides is 4. The summed E-state index contributed by atoms with van der Waals surface area (Å²) < 4.78 is 16.6. The summed E-state index contributed by atoms with van der Waals surface area (Å²) in [5.74, 6) is -1.94. The van der Waals surface area contributed by atoms with Gasteiger partial charge in [-0.15, -0.1) is 0 Å². The summed E-state index contributed by atoms with van der Waals surface area (Å²) in [6.45, 7) is 3.93. The molecule has 0 radical (unpaired) electrons. The number of aromatic carboxylic acids is 1. The van der Waals surface area contributed by atoms with Gasteiger partial charge in [0, 0.05) is 0 Å². The lowest BCUT2D eigenvalue weighted by atomic mass is 10.1. The number of carbonyl (C=O) groups excluding carboxylic acids is 3. The standard InChI is InChI=1S/C26H22N2O8/c1-3-34-22-13-16(6-10-20(22)35-14-18-9-11-21(36-18)25(31)32)12-19-23(29)27-26(33)28(24(19)30)17-7-4-15(2)5-8-17/h4-13H,3,14H2,1-2H3,(H,31,32)(H,27,29,33). The lowest BCUT2D eigenvalue weighted by Crippen LogP contribution is -2.54. The van der Waals surface area contributed by atoms with Crippen molar-refractivity contribution >= 4 is 35.6 Å². The van der Waals surface area contributed by atoms with E-state index in [0.29, 0.717) is 35.1 Å². The van der Waals surface area contributed by atoms with Gasteiger partial charge in [0.15, 0.2) is 11.5 Å². The summed E-state index contributed by atoms with van der Waals surface area (Å²) in [7, 11) is 0. The molecule has 36 heavy (non-hydrogen) atoms. The zero-order valence-corrected chi connectivity index (χ0v) is 19.4. The second kappa shape index (κ2) is 10.2. The van der Waals surface area contributed by atoms with E-state index < -0.39 is 23.8 Å². The first-order valence-electron chi connectivity index (χ1n) is 11.0. The molecule has 184 valence electrons. The molecule has 0 bridgehead atoms. The molecule has 1 saturated heterocycles. The summed E-state index contributed by atoms with van der Waals surface area (Å²) in [5, 5.41) is 11.2. The van der Waals surface area contributed by atoms with Crippen LogP contribution in [-0.2, 0) is 16.2 Å². The number of ether oxygens (including phenoxy) is 2. The Morgan fingerprint density at radius 3 is 2.44 bits per heavy atom. The third-order valence-electron chi connectivity index (χ3n) is 5.21. The van der Waals surface area contributed by atoms with Gasteiger partial charge in [-0.3, -0.25) is 14.9 Å². The van der Waals surface area contributed by atoms with Gasteiger partial charge in [-0.2, -0.15) is 0 Å². The van der Waals surface area contributed by atoms with Gasteiger partial charge in [-0.1, -0.05) is 23.8 Å². The molecule has 1 fully saturated rings. The van der Waals surface area contributed by atoms with Crippen LogP contribution in [0.4, 0.5) is 10.5 Å². The largest absolute Gasteiger partial charge is 0.490 e. The minimum Gasteiger partial charge on any atom is -0.490 e. The summed E-state index contributed by atoms with van der Waals surface area (Å²) in [6.07, 6.45) is 1.36. The number of urea groups is 1. The SMILES string of the molecule is CCOc1cc(C=C2C(=O)NC(=O)N(c3ccc(C)cc3)C2=O)ccc1OCc1ccc(C(=O)O)o1. The molecule has 4 amide bonds. The summed E-state index contributed by atoms with van der Waals surface area (Å²) in [4.78, 5) is 49.8. The number of benzene rings is 2. The van der Waals surface area contributed by atoms with Crippen molar-refractivity contribution in [3.05, 3.63) is 82.8 Å². The van der Waals surface area contributed by atoms with Crippen molar-refractivity contribution in [3.8, 4) is 11.5 Å². The maximum absolute atomic E-state index is 13.1. The molecule has 4 rings (SSSR count). The fraction of sp³-hybridized carbons (Fsp3) is 0.154. The van der Waals surface area contributed by atoms with Crippen LogP contribution in [0.3, 0.4) is 0 Å². The van der Waals surface area contributed by atoms with E-state index in [-0.39, 0.29) is 17.9 Å². The van der Waals surface area contributed by atoms with Crippen LogP contribution in [0, 0.1) is 6.92 Å². The molecule has 10 heteroatoms. The molecule has 0 aliphatic carbocycles. The maximum Gasteiger partial charge on any atom is 0.371 e. The van der Waals surface area contributed by atoms with E-state index in [0.717, 1.165) is 10.5 Å². The minimum atomic E-state index is -1.18. The topological polar surface area (TPSA) is 135 Å². The molecule has 1 aliphatic heterocycles. The molecule has 3 aromatic rings. The van der Waals surface area contributed by atoms with Crippen molar-refractivity contribution in [1.29, 1.82) is 0 Å². The monoisotopic (exact) mass is 490 g/mol. The fourth-order valence-corrected chi connectivity index (χ4v) is 3.47. The van der Waals surface area contributed by atoms with E-state index in [1.807, 2.05) is 6.92 Å². The Morgan fingerprint density at radius 1 is 1.03 bits per heavy atom. The number of rotatable bonds is 8. The summed E-state index contributed by atoms with van der Waals surface area (Å²) in [6, 6.07) is 13.6. The number of carboxylic acid groups (broad SMARTS) is 1. The number of aryl methyl sites for hydroxylation is 1. The van der Waals surface area contributed by atoms with Crippen molar-refractivity contribution in [2.45, 2.75) is 20.5 Å². The van der Waals surface area contributed by atoms with Gasteiger partial charge in [-0.05, 0) is 61.9 Å². The number of nitrogens with one attached hydrogen (secondary N) is 1. The van der Waals surface area contributed by atoms with E-state index in [1.54, 1.807) is 49.4 Å².